The number of imidazole rings is 1. The molecule has 1 aliphatic carbocycles. The van der Waals surface area contributed by atoms with E-state index in [-0.39, 0.29) is 59.5 Å². The number of para-hydroxylation sites is 2. The first kappa shape index (κ1) is 35.0. The number of hydrogen-bond acceptors (Lipinski definition) is 4. The van der Waals surface area contributed by atoms with Gasteiger partial charge in [-0.25, -0.2) is 4.98 Å². The van der Waals surface area contributed by atoms with Gasteiger partial charge >= 0.3 is 0 Å². The van der Waals surface area contributed by atoms with Crippen LogP contribution in [0.15, 0.2) is 54.7 Å². The minimum Gasteiger partial charge on any atom is -0.341 e. The van der Waals surface area contributed by atoms with E-state index in [1.54, 1.807) is 0 Å². The van der Waals surface area contributed by atoms with E-state index in [0.29, 0.717) is 12.6 Å². The van der Waals surface area contributed by atoms with Crippen molar-refractivity contribution in [3.8, 4) is 0 Å². The number of aromatic nitrogens is 3. The van der Waals surface area contributed by atoms with Gasteiger partial charge in [0.2, 0.25) is 0 Å². The maximum atomic E-state index is 5.64. The number of halogens is 3. The zero-order valence-electron chi connectivity index (χ0n) is 16.2. The molecule has 1 aromatic carbocycles. The van der Waals surface area contributed by atoms with Crippen LogP contribution in [0.25, 0.3) is 11.0 Å². The predicted molar refractivity (Wildman–Crippen MR) is 147 cm³/mol. The number of fused-ring (bicyclic) bond motifs is 2. The van der Waals surface area contributed by atoms with Crippen molar-refractivity contribution in [2.24, 2.45) is 5.73 Å². The molecular weight excluding hydrogens is 465 g/mol. The van der Waals surface area contributed by atoms with Crippen LogP contribution in [0.4, 0.5) is 0 Å². The maximum Gasteiger partial charge on any atom is 0.121 e. The summed E-state index contributed by atoms with van der Waals surface area (Å²) >= 11 is 0. The molecule has 1 atom stereocenters. The number of benzene rings is 1. The Hall–Kier alpha value is -1.63. The summed E-state index contributed by atoms with van der Waals surface area (Å²) < 4.78 is 0. The van der Waals surface area contributed by atoms with Gasteiger partial charge in [-0.15, -0.1) is 37.2 Å². The molecule has 3 aromatic rings. The lowest BCUT2D eigenvalue weighted by atomic mass is 9.90. The molecule has 0 amide bonds. The summed E-state index contributed by atoms with van der Waals surface area (Å²) in [6.07, 6.45) is 9.53. The molecule has 1 aliphatic rings. The molecule has 0 fully saturated rings. The Balaban J connectivity index is -0.00000140. The molecule has 32 heavy (non-hydrogen) atoms. The molecule has 2 aromatic heterocycles. The zero-order valence-corrected chi connectivity index (χ0v) is 18.6. The summed E-state index contributed by atoms with van der Waals surface area (Å²) in [4.78, 5) is 15.4. The fourth-order valence-corrected chi connectivity index (χ4v) is 3.82. The number of pyridine rings is 1. The van der Waals surface area contributed by atoms with Gasteiger partial charge in [0.15, 0.2) is 0 Å². The molecule has 0 aliphatic heterocycles. The molecule has 0 bridgehead atoms. The van der Waals surface area contributed by atoms with Crippen LogP contribution in [0, 0.1) is 0 Å². The molecular formula is C24H40Cl3N5. The van der Waals surface area contributed by atoms with Crippen LogP contribution in [0.3, 0.4) is 0 Å². The number of hydrogen-bond donors (Lipinski definition) is 2. The van der Waals surface area contributed by atoms with Crippen LogP contribution in [0.5, 0.6) is 0 Å². The second-order valence-corrected chi connectivity index (χ2v) is 6.79. The Labute approximate surface area is 212 Å². The maximum absolute atomic E-state index is 5.64. The van der Waals surface area contributed by atoms with Crippen LogP contribution in [-0.2, 0) is 13.0 Å². The third kappa shape index (κ3) is 8.05. The first-order chi connectivity index (χ1) is 12.8. The van der Waals surface area contributed by atoms with Crippen molar-refractivity contribution in [1.82, 2.24) is 19.9 Å². The molecule has 3 N–H and O–H groups in total. The van der Waals surface area contributed by atoms with E-state index in [4.69, 9.17) is 15.7 Å². The predicted octanol–water partition coefficient (Wildman–Crippen LogP) is 6.53. The van der Waals surface area contributed by atoms with Crippen LogP contribution < -0.4 is 5.73 Å². The first-order valence-electron chi connectivity index (χ1n) is 9.31. The highest BCUT2D eigenvalue weighted by Crippen LogP contribution is 2.33. The van der Waals surface area contributed by atoms with Gasteiger partial charge < -0.3 is 10.7 Å². The average molecular weight is 505 g/mol. The summed E-state index contributed by atoms with van der Waals surface area (Å²) in [7, 11) is 0. The third-order valence-electron chi connectivity index (χ3n) is 5.04. The lowest BCUT2D eigenvalue weighted by molar-refractivity contribution is 0.181. The Morgan fingerprint density at radius 2 is 1.78 bits per heavy atom. The van der Waals surface area contributed by atoms with E-state index < -0.39 is 0 Å². The number of aryl methyl sites for hydroxylation is 1. The van der Waals surface area contributed by atoms with E-state index in [2.05, 4.69) is 28.1 Å². The summed E-state index contributed by atoms with van der Waals surface area (Å²) in [6, 6.07) is 12.7. The van der Waals surface area contributed by atoms with Gasteiger partial charge in [-0.2, -0.15) is 0 Å². The molecule has 0 saturated carbocycles. The van der Waals surface area contributed by atoms with Crippen LogP contribution >= 0.6 is 37.2 Å². The Bertz CT molecular complexity index is 880. The number of rotatable bonds is 6. The standard InChI is InChI=1S/C21H25N5.3CH4.3ClH/c22-12-3-4-14-26(15-20-24-17-9-1-2-10-18(17)25-20)19-11-5-7-16-8-6-13-23-21(16)19;;;;;;/h1-4,6,8-10,13,19H,5,7,11-12,14-15,22H2,(H,24,25);3*1H4;3*1H/b4-3-;;;;;;/t19-;;;;;;/m0....../s1. The highest BCUT2D eigenvalue weighted by atomic mass is 35.5. The van der Waals surface area contributed by atoms with Crippen molar-refractivity contribution in [2.75, 3.05) is 13.1 Å². The average Bonchev–Trinajstić information content (AvgIpc) is 3.09. The highest BCUT2D eigenvalue weighted by Gasteiger charge is 2.27. The van der Waals surface area contributed by atoms with Gasteiger partial charge in [0.05, 0.1) is 29.3 Å². The monoisotopic (exact) mass is 503 g/mol. The molecule has 8 heteroatoms. The molecule has 2 heterocycles. The van der Waals surface area contributed by atoms with Gasteiger partial charge in [-0.05, 0) is 43.0 Å². The van der Waals surface area contributed by atoms with E-state index in [1.165, 1.54) is 17.7 Å². The van der Waals surface area contributed by atoms with E-state index >= 15 is 0 Å². The molecule has 4 rings (SSSR count). The molecule has 5 nitrogen and oxygen atoms in total. The van der Waals surface area contributed by atoms with Crippen molar-refractivity contribution in [2.45, 2.75) is 54.1 Å². The van der Waals surface area contributed by atoms with E-state index in [9.17, 15) is 0 Å². The second kappa shape index (κ2) is 16.9. The van der Waals surface area contributed by atoms with Gasteiger partial charge in [0.25, 0.3) is 0 Å². The fourth-order valence-electron chi connectivity index (χ4n) is 3.82. The van der Waals surface area contributed by atoms with E-state index in [0.717, 1.165) is 42.8 Å². The fraction of sp³-hybridized carbons (Fsp3) is 0.417. The summed E-state index contributed by atoms with van der Waals surface area (Å²) in [5.74, 6) is 0.996. The number of aromatic amines is 1. The van der Waals surface area contributed by atoms with E-state index in [1.807, 2.05) is 36.5 Å². The van der Waals surface area contributed by atoms with Gasteiger partial charge in [0.1, 0.15) is 5.82 Å². The van der Waals surface area contributed by atoms with Gasteiger partial charge in [0, 0.05) is 19.3 Å². The normalized spacial score (nSPS) is 14.0. The molecule has 0 spiro atoms. The lowest BCUT2D eigenvalue weighted by Gasteiger charge is -2.33. The van der Waals surface area contributed by atoms with Crippen molar-refractivity contribution >= 4 is 48.3 Å². The smallest absolute Gasteiger partial charge is 0.121 e. The van der Waals surface area contributed by atoms with Crippen molar-refractivity contribution in [1.29, 1.82) is 0 Å². The van der Waals surface area contributed by atoms with Crippen molar-refractivity contribution in [3.63, 3.8) is 0 Å². The quantitative estimate of drug-likeness (QED) is 0.375. The first-order valence-corrected chi connectivity index (χ1v) is 9.31. The minimum absolute atomic E-state index is 0. The van der Waals surface area contributed by atoms with Crippen molar-refractivity contribution in [3.05, 3.63) is 71.8 Å². The SMILES string of the molecule is C.C.C.Cl.Cl.Cl.NC/C=C\CN(Cc1nc2ccccc2[nH]1)[C@H]1CCCc2cccnc21. The Morgan fingerprint density at radius 3 is 2.50 bits per heavy atom. The van der Waals surface area contributed by atoms with Gasteiger partial charge in [-0.1, -0.05) is 52.6 Å². The lowest BCUT2D eigenvalue weighted by Crippen LogP contribution is -2.32. The van der Waals surface area contributed by atoms with Crippen molar-refractivity contribution < 1.29 is 0 Å². The molecule has 0 saturated heterocycles. The summed E-state index contributed by atoms with van der Waals surface area (Å²) in [5, 5.41) is 0. The summed E-state index contributed by atoms with van der Waals surface area (Å²) in [6.45, 7) is 2.18. The molecule has 0 unspecified atom stereocenters. The number of nitrogens with zero attached hydrogens (tertiary/aromatic N) is 3. The second-order valence-electron chi connectivity index (χ2n) is 6.79. The zero-order chi connectivity index (χ0) is 17.8. The number of H-pyrrole nitrogens is 1. The molecule has 0 radical (unpaired) electrons. The largest absolute Gasteiger partial charge is 0.341 e. The van der Waals surface area contributed by atoms with Crippen LogP contribution in [0.2, 0.25) is 0 Å². The molecule has 182 valence electrons. The summed E-state index contributed by atoms with van der Waals surface area (Å²) in [5.41, 5.74) is 10.3. The Kier molecular flexibility index (Phi) is 18.5. The minimum atomic E-state index is 0. The Morgan fingerprint density at radius 1 is 1.03 bits per heavy atom. The topological polar surface area (TPSA) is 70.8 Å². The van der Waals surface area contributed by atoms with Gasteiger partial charge in [-0.3, -0.25) is 9.88 Å². The number of nitrogens with two attached hydrogens (primary N) is 1. The highest BCUT2D eigenvalue weighted by molar-refractivity contribution is 5.86. The number of nitrogens with one attached hydrogen (secondary N) is 1. The third-order valence-corrected chi connectivity index (χ3v) is 5.04. The van der Waals surface area contributed by atoms with Crippen LogP contribution in [-0.4, -0.2) is 32.9 Å². The van der Waals surface area contributed by atoms with Crippen LogP contribution in [0.1, 0.15) is 58.2 Å².